The summed E-state index contributed by atoms with van der Waals surface area (Å²) in [5, 5.41) is 0. The minimum Gasteiger partial charge on any atom is -0.373 e. The number of ether oxygens (including phenoxy) is 1. The Kier molecular flexibility index (Phi) is 8.16. The molecule has 0 aromatic heterocycles. The molecule has 7 heteroatoms. The van der Waals surface area contributed by atoms with Crippen molar-refractivity contribution in [3.05, 3.63) is 0 Å². The number of halogens is 1. The molecule has 2 N–H and O–H groups in total. The van der Waals surface area contributed by atoms with Gasteiger partial charge >= 0.3 is 0 Å². The Balaban J connectivity index is 0.00000225. The lowest BCUT2D eigenvalue weighted by molar-refractivity contribution is -0.121. The predicted molar refractivity (Wildman–Crippen MR) is 118 cm³/mol. The summed E-state index contributed by atoms with van der Waals surface area (Å²) in [4.78, 5) is 9.82. The largest absolute Gasteiger partial charge is 0.373 e. The van der Waals surface area contributed by atoms with Gasteiger partial charge in [-0.25, -0.2) is 0 Å². The summed E-state index contributed by atoms with van der Waals surface area (Å²) in [6.07, 6.45) is 6.48. The fourth-order valence-electron chi connectivity index (χ4n) is 4.33. The van der Waals surface area contributed by atoms with Gasteiger partial charge in [0.15, 0.2) is 5.96 Å². The summed E-state index contributed by atoms with van der Waals surface area (Å²) in [5.74, 6) is 3.09. The Bertz CT molecular complexity index is 448. The minimum atomic E-state index is -0.0535. The fourth-order valence-corrected chi connectivity index (χ4v) is 5.23. The molecule has 0 aromatic rings. The van der Waals surface area contributed by atoms with E-state index in [0.29, 0.717) is 0 Å². The summed E-state index contributed by atoms with van der Waals surface area (Å²) in [6.45, 7) is 10.2. The molecule has 1 saturated carbocycles. The van der Waals surface area contributed by atoms with E-state index in [1.54, 1.807) is 0 Å². The van der Waals surface area contributed by atoms with Crippen molar-refractivity contribution >= 4 is 41.7 Å². The van der Waals surface area contributed by atoms with Gasteiger partial charge in [0.25, 0.3) is 0 Å². The van der Waals surface area contributed by atoms with E-state index in [0.717, 1.165) is 45.3 Å². The first-order valence-electron chi connectivity index (χ1n) is 9.52. The van der Waals surface area contributed by atoms with Gasteiger partial charge in [-0.05, 0) is 26.7 Å². The lowest BCUT2D eigenvalue weighted by atomic mass is 9.79. The van der Waals surface area contributed by atoms with Crippen LogP contribution in [0.4, 0.5) is 0 Å². The number of thioether (sulfide) groups is 1. The first-order valence-corrected chi connectivity index (χ1v) is 10.7. The van der Waals surface area contributed by atoms with Gasteiger partial charge < -0.3 is 15.4 Å². The molecule has 0 amide bonds. The minimum absolute atomic E-state index is 0. The number of hydrogen-bond donors (Lipinski definition) is 1. The van der Waals surface area contributed by atoms with Crippen LogP contribution >= 0.6 is 35.7 Å². The average molecular weight is 482 g/mol. The Morgan fingerprint density at radius 3 is 2.44 bits per heavy atom. The molecule has 0 radical (unpaired) electrons. The molecule has 3 rings (SSSR count). The number of rotatable bonds is 3. The number of nitrogens with two attached hydrogens (primary N) is 1. The zero-order valence-electron chi connectivity index (χ0n) is 15.8. The molecule has 146 valence electrons. The maximum Gasteiger partial charge on any atom is 0.191 e. The molecule has 3 fully saturated rings. The Morgan fingerprint density at radius 2 is 1.80 bits per heavy atom. The molecule has 0 atom stereocenters. The van der Waals surface area contributed by atoms with Gasteiger partial charge in [0, 0.05) is 43.2 Å². The molecule has 2 aliphatic heterocycles. The Morgan fingerprint density at radius 1 is 1.12 bits per heavy atom. The van der Waals surface area contributed by atoms with Crippen LogP contribution in [0, 0.1) is 0 Å². The Labute approximate surface area is 174 Å². The second-order valence-corrected chi connectivity index (χ2v) is 9.31. The smallest absolute Gasteiger partial charge is 0.191 e. The zero-order chi connectivity index (χ0) is 17.0. The van der Waals surface area contributed by atoms with Crippen molar-refractivity contribution in [3.63, 3.8) is 0 Å². The highest BCUT2D eigenvalue weighted by Gasteiger charge is 2.42. The topological polar surface area (TPSA) is 54.1 Å². The van der Waals surface area contributed by atoms with Crippen molar-refractivity contribution in [2.75, 3.05) is 50.8 Å². The van der Waals surface area contributed by atoms with Crippen LogP contribution in [0.15, 0.2) is 4.99 Å². The summed E-state index contributed by atoms with van der Waals surface area (Å²) < 4.78 is 5.94. The van der Waals surface area contributed by atoms with E-state index in [1.807, 2.05) is 11.8 Å². The highest BCUT2D eigenvalue weighted by molar-refractivity contribution is 14.0. The molecule has 0 spiro atoms. The van der Waals surface area contributed by atoms with Crippen LogP contribution in [-0.2, 0) is 4.74 Å². The third kappa shape index (κ3) is 5.62. The van der Waals surface area contributed by atoms with Crippen LogP contribution in [0.2, 0.25) is 0 Å². The molecule has 2 saturated heterocycles. The molecule has 25 heavy (non-hydrogen) atoms. The second-order valence-electron chi connectivity index (χ2n) is 8.09. The standard InChI is InChI=1S/C18H34N4OS.HI/c1-17(2)15-22(8-11-23-17)18(6-4-3-5-7-18)14-20-16(19)21-9-12-24-13-10-21;/h3-15H2,1-2H3,(H2,19,20);1H. The lowest BCUT2D eigenvalue weighted by Gasteiger charge is -2.51. The van der Waals surface area contributed by atoms with Gasteiger partial charge in [-0.2, -0.15) is 11.8 Å². The SMILES string of the molecule is CC1(C)CN(C2(CN=C(N)N3CCSCC3)CCCCC2)CCO1.I. The molecule has 0 unspecified atom stereocenters. The van der Waals surface area contributed by atoms with E-state index in [4.69, 9.17) is 15.5 Å². The van der Waals surface area contributed by atoms with E-state index in [9.17, 15) is 0 Å². The number of guanidine groups is 1. The Hall–Kier alpha value is 0.270. The number of aliphatic imine (C=N–C) groups is 1. The van der Waals surface area contributed by atoms with Crippen molar-refractivity contribution in [3.8, 4) is 0 Å². The first kappa shape index (κ1) is 21.6. The molecule has 2 heterocycles. The maximum atomic E-state index is 6.33. The monoisotopic (exact) mass is 482 g/mol. The summed E-state index contributed by atoms with van der Waals surface area (Å²) >= 11 is 2.01. The third-order valence-electron chi connectivity index (χ3n) is 5.75. The van der Waals surface area contributed by atoms with Crippen molar-refractivity contribution in [1.29, 1.82) is 0 Å². The van der Waals surface area contributed by atoms with Crippen molar-refractivity contribution in [2.24, 2.45) is 10.7 Å². The number of morpholine rings is 1. The van der Waals surface area contributed by atoms with E-state index in [1.165, 1.54) is 43.6 Å². The van der Waals surface area contributed by atoms with E-state index < -0.39 is 0 Å². The summed E-state index contributed by atoms with van der Waals surface area (Å²) in [6, 6.07) is 0. The van der Waals surface area contributed by atoms with Crippen LogP contribution in [-0.4, -0.2) is 77.7 Å². The first-order chi connectivity index (χ1) is 11.5. The summed E-state index contributed by atoms with van der Waals surface area (Å²) in [5.41, 5.74) is 6.47. The van der Waals surface area contributed by atoms with Crippen LogP contribution < -0.4 is 5.73 Å². The van der Waals surface area contributed by atoms with Crippen LogP contribution in [0.25, 0.3) is 0 Å². The van der Waals surface area contributed by atoms with Gasteiger partial charge in [0.05, 0.1) is 18.8 Å². The van der Waals surface area contributed by atoms with Gasteiger partial charge in [-0.15, -0.1) is 24.0 Å². The van der Waals surface area contributed by atoms with Crippen molar-refractivity contribution < 1.29 is 4.74 Å². The molecular weight excluding hydrogens is 447 g/mol. The molecule has 1 aliphatic carbocycles. The quantitative estimate of drug-likeness (QED) is 0.381. The van der Waals surface area contributed by atoms with Gasteiger partial charge in [0.1, 0.15) is 0 Å². The highest BCUT2D eigenvalue weighted by atomic mass is 127. The zero-order valence-corrected chi connectivity index (χ0v) is 19.0. The number of hydrogen-bond acceptors (Lipinski definition) is 4. The highest BCUT2D eigenvalue weighted by Crippen LogP contribution is 2.36. The second kappa shape index (κ2) is 9.46. The average Bonchev–Trinajstić information content (AvgIpc) is 2.60. The predicted octanol–water partition coefficient (Wildman–Crippen LogP) is 2.78. The molecular formula is C18H35IN4OS. The molecule has 5 nitrogen and oxygen atoms in total. The van der Waals surface area contributed by atoms with E-state index in [-0.39, 0.29) is 35.1 Å². The van der Waals surface area contributed by atoms with Gasteiger partial charge in [-0.1, -0.05) is 19.3 Å². The number of nitrogens with zero attached hydrogens (tertiary/aromatic N) is 3. The normalized spacial score (nSPS) is 27.6. The van der Waals surface area contributed by atoms with E-state index >= 15 is 0 Å². The van der Waals surface area contributed by atoms with Crippen LogP contribution in [0.1, 0.15) is 46.0 Å². The van der Waals surface area contributed by atoms with Crippen LogP contribution in [0.5, 0.6) is 0 Å². The molecule has 0 bridgehead atoms. The molecule has 3 aliphatic rings. The fraction of sp³-hybridized carbons (Fsp3) is 0.944. The van der Waals surface area contributed by atoms with Crippen LogP contribution in [0.3, 0.4) is 0 Å². The van der Waals surface area contributed by atoms with E-state index in [2.05, 4.69) is 23.6 Å². The molecule has 0 aromatic carbocycles. The summed E-state index contributed by atoms with van der Waals surface area (Å²) in [7, 11) is 0. The van der Waals surface area contributed by atoms with Crippen molar-refractivity contribution in [2.45, 2.75) is 57.1 Å². The third-order valence-corrected chi connectivity index (χ3v) is 6.69. The van der Waals surface area contributed by atoms with Gasteiger partial charge in [0.2, 0.25) is 0 Å². The maximum absolute atomic E-state index is 6.33. The van der Waals surface area contributed by atoms with Gasteiger partial charge in [-0.3, -0.25) is 9.89 Å². The van der Waals surface area contributed by atoms with Crippen molar-refractivity contribution in [1.82, 2.24) is 9.80 Å². The lowest BCUT2D eigenvalue weighted by Crippen LogP contribution is -2.61.